The van der Waals surface area contributed by atoms with Gasteiger partial charge in [0.25, 0.3) is 0 Å². The largest absolute Gasteiger partial charge is 0.465 e. The first-order chi connectivity index (χ1) is 15.6. The molecule has 33 heavy (non-hydrogen) atoms. The molecule has 11 heteroatoms. The van der Waals surface area contributed by atoms with Crippen molar-refractivity contribution in [3.8, 4) is 0 Å². The number of piperidine rings is 1. The van der Waals surface area contributed by atoms with Gasteiger partial charge in [0.2, 0.25) is 15.9 Å². The Morgan fingerprint density at radius 2 is 1.97 bits per heavy atom. The molecule has 0 radical (unpaired) electrons. The molecule has 1 saturated heterocycles. The number of amides is 1. The van der Waals surface area contributed by atoms with Gasteiger partial charge in [0.1, 0.15) is 17.7 Å². The van der Waals surface area contributed by atoms with E-state index in [-0.39, 0.29) is 35.7 Å². The quantitative estimate of drug-likeness (QED) is 0.389. The molecule has 2 aromatic rings. The van der Waals surface area contributed by atoms with Gasteiger partial charge in [-0.25, -0.2) is 8.42 Å². The summed E-state index contributed by atoms with van der Waals surface area (Å²) in [6, 6.07) is 5.29. The second kappa shape index (κ2) is 9.85. The summed E-state index contributed by atoms with van der Waals surface area (Å²) < 4.78 is 33.5. The molecule has 1 aliphatic heterocycles. The first-order valence-electron chi connectivity index (χ1n) is 11.3. The molecule has 0 bridgehead atoms. The number of nitrogens with one attached hydrogen (secondary N) is 2. The van der Waals surface area contributed by atoms with Crippen LogP contribution in [0, 0.1) is 25.7 Å². The third-order valence-corrected chi connectivity index (χ3v) is 9.58. The number of sulfonamides is 1. The number of thiophene rings is 1. The Labute approximate surface area is 198 Å². The third kappa shape index (κ3) is 5.67. The van der Waals surface area contributed by atoms with Crippen LogP contribution in [0.2, 0.25) is 0 Å². The van der Waals surface area contributed by atoms with Crippen LogP contribution in [-0.2, 0) is 21.4 Å². The van der Waals surface area contributed by atoms with Crippen LogP contribution >= 0.6 is 11.3 Å². The zero-order valence-corrected chi connectivity index (χ0v) is 20.5. The molecule has 3 heterocycles. The Balaban J connectivity index is 1.33. The third-order valence-electron chi connectivity index (χ3n) is 6.29. The SMILES string of the molecule is Cc1ccc(CNC(=O)C2CCN(S(=O)(=O)c3cc(C(N)NC(O)C4CC4)sc3C)CC2)o1. The molecule has 0 spiro atoms. The summed E-state index contributed by atoms with van der Waals surface area (Å²) in [5, 5.41) is 15.9. The van der Waals surface area contributed by atoms with Crippen LogP contribution in [-0.4, -0.2) is 43.1 Å². The lowest BCUT2D eigenvalue weighted by atomic mass is 9.97. The van der Waals surface area contributed by atoms with Crippen LogP contribution in [0.3, 0.4) is 0 Å². The zero-order valence-electron chi connectivity index (χ0n) is 18.9. The molecular weight excluding hydrogens is 464 g/mol. The monoisotopic (exact) mass is 496 g/mol. The molecule has 5 N–H and O–H groups in total. The van der Waals surface area contributed by atoms with Gasteiger partial charge in [-0.1, -0.05) is 0 Å². The van der Waals surface area contributed by atoms with Crippen LogP contribution in [0.15, 0.2) is 27.5 Å². The topological polar surface area (TPSA) is 138 Å². The van der Waals surface area contributed by atoms with E-state index in [1.165, 1.54) is 15.6 Å². The van der Waals surface area contributed by atoms with Crippen LogP contribution < -0.4 is 16.4 Å². The van der Waals surface area contributed by atoms with Gasteiger partial charge in [-0.15, -0.1) is 11.3 Å². The van der Waals surface area contributed by atoms with Crippen molar-refractivity contribution in [3.63, 3.8) is 0 Å². The van der Waals surface area contributed by atoms with Crippen LogP contribution in [0.5, 0.6) is 0 Å². The summed E-state index contributed by atoms with van der Waals surface area (Å²) >= 11 is 1.32. The first kappa shape index (κ1) is 24.4. The number of aliphatic hydroxyl groups excluding tert-OH is 1. The predicted molar refractivity (Wildman–Crippen MR) is 125 cm³/mol. The van der Waals surface area contributed by atoms with E-state index >= 15 is 0 Å². The summed E-state index contributed by atoms with van der Waals surface area (Å²) in [4.78, 5) is 14.1. The zero-order chi connectivity index (χ0) is 23.8. The number of carbonyl (C=O) groups excluding carboxylic acids is 1. The molecular formula is C22H32N4O5S2. The Kier molecular flexibility index (Phi) is 7.27. The highest BCUT2D eigenvalue weighted by Gasteiger charge is 2.35. The van der Waals surface area contributed by atoms with Crippen molar-refractivity contribution in [1.29, 1.82) is 0 Å². The van der Waals surface area contributed by atoms with Crippen molar-refractivity contribution in [1.82, 2.24) is 14.9 Å². The van der Waals surface area contributed by atoms with Crippen molar-refractivity contribution >= 4 is 27.3 Å². The fraction of sp³-hybridized carbons (Fsp3) is 0.591. The number of rotatable bonds is 9. The number of aryl methyl sites for hydroxylation is 2. The lowest BCUT2D eigenvalue weighted by Gasteiger charge is -2.30. The first-order valence-corrected chi connectivity index (χ1v) is 13.5. The van der Waals surface area contributed by atoms with Crippen LogP contribution in [0.25, 0.3) is 0 Å². The molecule has 2 atom stereocenters. The molecule has 1 amide bonds. The summed E-state index contributed by atoms with van der Waals surface area (Å²) in [5.41, 5.74) is 6.17. The molecule has 182 valence electrons. The molecule has 0 aromatic carbocycles. The van der Waals surface area contributed by atoms with E-state index in [1.54, 1.807) is 13.0 Å². The minimum Gasteiger partial charge on any atom is -0.465 e. The second-order valence-corrected chi connectivity index (χ2v) is 12.1. The van der Waals surface area contributed by atoms with Crippen LogP contribution in [0.1, 0.15) is 53.1 Å². The Morgan fingerprint density at radius 1 is 1.27 bits per heavy atom. The normalized spacial score (nSPS) is 20.0. The maximum absolute atomic E-state index is 13.3. The van der Waals surface area contributed by atoms with E-state index in [4.69, 9.17) is 10.2 Å². The fourth-order valence-electron chi connectivity index (χ4n) is 4.11. The second-order valence-electron chi connectivity index (χ2n) is 8.90. The number of nitrogens with zero attached hydrogens (tertiary/aromatic N) is 1. The Hall–Kier alpha value is -1.76. The Bertz CT molecular complexity index is 1080. The molecule has 2 aliphatic rings. The molecule has 4 rings (SSSR count). The molecule has 9 nitrogen and oxygen atoms in total. The van der Waals surface area contributed by atoms with Crippen molar-refractivity contribution < 1.29 is 22.7 Å². The van der Waals surface area contributed by atoms with E-state index in [0.29, 0.717) is 34.9 Å². The van der Waals surface area contributed by atoms with Crippen molar-refractivity contribution in [2.24, 2.45) is 17.6 Å². The number of aliphatic hydroxyl groups is 1. The highest BCUT2D eigenvalue weighted by molar-refractivity contribution is 7.89. The van der Waals surface area contributed by atoms with Gasteiger partial charge in [-0.05, 0) is 63.6 Å². The van der Waals surface area contributed by atoms with E-state index in [2.05, 4.69) is 10.6 Å². The van der Waals surface area contributed by atoms with E-state index in [0.717, 1.165) is 18.6 Å². The van der Waals surface area contributed by atoms with E-state index in [1.807, 2.05) is 19.1 Å². The maximum Gasteiger partial charge on any atom is 0.244 e. The van der Waals surface area contributed by atoms with Gasteiger partial charge in [-0.3, -0.25) is 10.1 Å². The van der Waals surface area contributed by atoms with E-state index in [9.17, 15) is 18.3 Å². The molecule has 1 aliphatic carbocycles. The van der Waals surface area contributed by atoms with Gasteiger partial charge >= 0.3 is 0 Å². The maximum atomic E-state index is 13.3. The minimum absolute atomic E-state index is 0.0821. The van der Waals surface area contributed by atoms with Gasteiger partial charge in [0.15, 0.2) is 0 Å². The Morgan fingerprint density at radius 3 is 2.58 bits per heavy atom. The fourth-order valence-corrected chi connectivity index (χ4v) is 7.12. The van der Waals surface area contributed by atoms with Gasteiger partial charge in [0, 0.05) is 28.8 Å². The number of furan rings is 1. The summed E-state index contributed by atoms with van der Waals surface area (Å²) in [5.74, 6) is 1.40. The van der Waals surface area contributed by atoms with Crippen molar-refractivity contribution in [3.05, 3.63) is 39.5 Å². The molecule has 2 fully saturated rings. The lowest BCUT2D eigenvalue weighted by molar-refractivity contribution is -0.126. The highest BCUT2D eigenvalue weighted by atomic mass is 32.2. The van der Waals surface area contributed by atoms with Gasteiger partial charge in [0.05, 0.1) is 17.6 Å². The summed E-state index contributed by atoms with van der Waals surface area (Å²) in [6.07, 6.45) is 1.57. The standard InChI is InChI=1S/C22H32N4O5S2/c1-13-3-6-17(31-13)12-24-21(27)16-7-9-26(10-8-16)33(29,30)19-11-18(32-14(19)2)20(23)25-22(28)15-4-5-15/h3,6,11,15-16,20,22,25,28H,4-5,7-10,12,23H2,1-2H3,(H,24,27). The number of carbonyl (C=O) groups is 1. The summed E-state index contributed by atoms with van der Waals surface area (Å²) in [6.45, 7) is 4.51. The van der Waals surface area contributed by atoms with Gasteiger partial charge in [-0.2, -0.15) is 4.31 Å². The highest BCUT2D eigenvalue weighted by Crippen LogP contribution is 2.35. The number of hydrogen-bond donors (Lipinski definition) is 4. The minimum atomic E-state index is -3.69. The van der Waals surface area contributed by atoms with Crippen molar-refractivity contribution in [2.75, 3.05) is 13.1 Å². The lowest BCUT2D eigenvalue weighted by Crippen LogP contribution is -2.42. The smallest absolute Gasteiger partial charge is 0.244 e. The summed E-state index contributed by atoms with van der Waals surface area (Å²) in [7, 11) is -3.69. The number of nitrogens with two attached hydrogens (primary N) is 1. The number of hydrogen-bond acceptors (Lipinski definition) is 8. The molecule has 2 unspecified atom stereocenters. The average Bonchev–Trinajstić information content (AvgIpc) is 3.44. The average molecular weight is 497 g/mol. The predicted octanol–water partition coefficient (Wildman–Crippen LogP) is 1.95. The van der Waals surface area contributed by atoms with Crippen LogP contribution in [0.4, 0.5) is 0 Å². The molecule has 2 aromatic heterocycles. The van der Waals surface area contributed by atoms with Gasteiger partial charge < -0.3 is 20.6 Å². The van der Waals surface area contributed by atoms with E-state index < -0.39 is 22.4 Å². The van der Waals surface area contributed by atoms with Crippen molar-refractivity contribution in [2.45, 2.75) is 63.4 Å². The molecule has 1 saturated carbocycles.